The summed E-state index contributed by atoms with van der Waals surface area (Å²) in [6.45, 7) is 8.85. The number of piperidine rings is 1. The van der Waals surface area contributed by atoms with Crippen molar-refractivity contribution < 1.29 is 4.79 Å². The summed E-state index contributed by atoms with van der Waals surface area (Å²) in [6.07, 6.45) is 5.40. The van der Waals surface area contributed by atoms with Gasteiger partial charge in [-0.25, -0.2) is 0 Å². The minimum Gasteiger partial charge on any atom is -0.341 e. The molecular formula is C12H22N2O. The largest absolute Gasteiger partial charge is 0.341 e. The van der Waals surface area contributed by atoms with Gasteiger partial charge in [-0.15, -0.1) is 6.58 Å². The summed E-state index contributed by atoms with van der Waals surface area (Å²) in [5.74, 6) is 0.942. The van der Waals surface area contributed by atoms with Gasteiger partial charge in [0.2, 0.25) is 5.91 Å². The van der Waals surface area contributed by atoms with Crippen molar-refractivity contribution in [3.8, 4) is 0 Å². The van der Waals surface area contributed by atoms with E-state index in [2.05, 4.69) is 18.8 Å². The van der Waals surface area contributed by atoms with Crippen LogP contribution in [0.2, 0.25) is 0 Å². The number of likely N-dealkylation sites (tertiary alicyclic amines) is 1. The van der Waals surface area contributed by atoms with Gasteiger partial charge >= 0.3 is 0 Å². The molecule has 0 aromatic carbocycles. The molecule has 1 fully saturated rings. The Balaban J connectivity index is 2.28. The minimum absolute atomic E-state index is 0.231. The van der Waals surface area contributed by atoms with Crippen molar-refractivity contribution in [3.05, 3.63) is 12.7 Å². The highest BCUT2D eigenvalue weighted by atomic mass is 16.2. The van der Waals surface area contributed by atoms with E-state index in [1.54, 1.807) is 6.08 Å². The fraction of sp³-hybridized carbons (Fsp3) is 0.750. The number of nitrogens with zero attached hydrogens (tertiary/aromatic N) is 1. The van der Waals surface area contributed by atoms with Crippen molar-refractivity contribution in [2.24, 2.45) is 5.92 Å². The van der Waals surface area contributed by atoms with Crippen LogP contribution < -0.4 is 5.32 Å². The van der Waals surface area contributed by atoms with Crippen LogP contribution in [-0.2, 0) is 4.79 Å². The Kier molecular flexibility index (Phi) is 5.40. The first-order valence-electron chi connectivity index (χ1n) is 5.87. The van der Waals surface area contributed by atoms with Crippen LogP contribution in [0.5, 0.6) is 0 Å². The number of rotatable bonds is 5. The first-order valence-corrected chi connectivity index (χ1v) is 5.87. The molecule has 1 saturated heterocycles. The summed E-state index contributed by atoms with van der Waals surface area (Å²) in [5, 5.41) is 3.06. The third kappa shape index (κ3) is 4.04. The van der Waals surface area contributed by atoms with Crippen LogP contribution in [0.25, 0.3) is 0 Å². The lowest BCUT2D eigenvalue weighted by Gasteiger charge is -2.32. The summed E-state index contributed by atoms with van der Waals surface area (Å²) in [6, 6.07) is 0. The van der Waals surface area contributed by atoms with Gasteiger partial charge in [0.05, 0.1) is 6.54 Å². The zero-order valence-electron chi connectivity index (χ0n) is 9.67. The quantitative estimate of drug-likeness (QED) is 0.549. The topological polar surface area (TPSA) is 32.3 Å². The molecule has 0 bridgehead atoms. The van der Waals surface area contributed by atoms with Gasteiger partial charge in [0.1, 0.15) is 0 Å². The third-order valence-corrected chi connectivity index (χ3v) is 3.01. The Labute approximate surface area is 92.5 Å². The van der Waals surface area contributed by atoms with Gasteiger partial charge in [-0.2, -0.15) is 0 Å². The van der Waals surface area contributed by atoms with Gasteiger partial charge in [-0.3, -0.25) is 4.79 Å². The van der Waals surface area contributed by atoms with E-state index in [-0.39, 0.29) is 5.91 Å². The van der Waals surface area contributed by atoms with Crippen molar-refractivity contribution in [2.75, 3.05) is 26.2 Å². The number of nitrogens with one attached hydrogen (secondary N) is 1. The molecule has 3 nitrogen and oxygen atoms in total. The Hall–Kier alpha value is -0.830. The molecule has 1 aliphatic heterocycles. The molecule has 1 N–H and O–H groups in total. The van der Waals surface area contributed by atoms with Crippen LogP contribution in [0.15, 0.2) is 12.7 Å². The third-order valence-electron chi connectivity index (χ3n) is 3.01. The Morgan fingerprint density at radius 2 is 2.47 bits per heavy atom. The molecule has 0 saturated carbocycles. The summed E-state index contributed by atoms with van der Waals surface area (Å²) in [4.78, 5) is 13.8. The maximum atomic E-state index is 11.8. The lowest BCUT2D eigenvalue weighted by atomic mass is 9.96. The zero-order chi connectivity index (χ0) is 11.1. The van der Waals surface area contributed by atoms with Crippen molar-refractivity contribution in [3.63, 3.8) is 0 Å². The standard InChI is InChI=1S/C12H22N2O/c1-3-7-13-9-12(15)14-8-5-6-11(4-2)10-14/h3,11,13H,1,4-10H2,2H3. The number of amides is 1. The minimum atomic E-state index is 0.231. The van der Waals surface area contributed by atoms with Crippen molar-refractivity contribution in [1.29, 1.82) is 0 Å². The predicted molar refractivity (Wildman–Crippen MR) is 62.7 cm³/mol. The van der Waals surface area contributed by atoms with Crippen LogP contribution in [0.3, 0.4) is 0 Å². The van der Waals surface area contributed by atoms with E-state index >= 15 is 0 Å². The van der Waals surface area contributed by atoms with Gasteiger partial charge in [-0.05, 0) is 18.8 Å². The molecule has 1 atom stereocenters. The molecule has 0 aliphatic carbocycles. The van der Waals surface area contributed by atoms with E-state index in [0.717, 1.165) is 19.5 Å². The average Bonchev–Trinajstić information content (AvgIpc) is 2.29. The summed E-state index contributed by atoms with van der Waals surface area (Å²) >= 11 is 0. The number of carbonyl (C=O) groups is 1. The number of hydrogen-bond acceptors (Lipinski definition) is 2. The summed E-state index contributed by atoms with van der Waals surface area (Å²) in [7, 11) is 0. The molecular weight excluding hydrogens is 188 g/mol. The number of carbonyl (C=O) groups excluding carboxylic acids is 1. The number of hydrogen-bond donors (Lipinski definition) is 1. The highest BCUT2D eigenvalue weighted by molar-refractivity contribution is 5.78. The zero-order valence-corrected chi connectivity index (χ0v) is 9.67. The summed E-state index contributed by atoms with van der Waals surface area (Å²) < 4.78 is 0. The van der Waals surface area contributed by atoms with E-state index in [9.17, 15) is 4.79 Å². The van der Waals surface area contributed by atoms with Gasteiger partial charge in [0.15, 0.2) is 0 Å². The normalized spacial score (nSPS) is 21.4. The first-order chi connectivity index (χ1) is 7.27. The molecule has 1 aliphatic rings. The average molecular weight is 210 g/mol. The van der Waals surface area contributed by atoms with Crippen LogP contribution in [-0.4, -0.2) is 37.0 Å². The lowest BCUT2D eigenvalue weighted by Crippen LogP contribution is -2.43. The van der Waals surface area contributed by atoms with Crippen molar-refractivity contribution in [2.45, 2.75) is 26.2 Å². The molecule has 1 rings (SSSR count). The summed E-state index contributed by atoms with van der Waals surface area (Å²) in [5.41, 5.74) is 0. The molecule has 1 amide bonds. The van der Waals surface area contributed by atoms with Crippen molar-refractivity contribution >= 4 is 5.91 Å². The van der Waals surface area contributed by atoms with E-state index < -0.39 is 0 Å². The monoisotopic (exact) mass is 210 g/mol. The van der Waals surface area contributed by atoms with Crippen LogP contribution >= 0.6 is 0 Å². The Morgan fingerprint density at radius 1 is 1.67 bits per heavy atom. The SMILES string of the molecule is C=CCNCC(=O)N1CCCC(CC)C1. The van der Waals surface area contributed by atoms with Gasteiger partial charge < -0.3 is 10.2 Å². The molecule has 0 aromatic heterocycles. The molecule has 1 heterocycles. The fourth-order valence-corrected chi connectivity index (χ4v) is 2.02. The highest BCUT2D eigenvalue weighted by Crippen LogP contribution is 2.18. The molecule has 0 radical (unpaired) electrons. The first kappa shape index (κ1) is 12.2. The smallest absolute Gasteiger partial charge is 0.236 e. The molecule has 86 valence electrons. The van der Waals surface area contributed by atoms with E-state index in [0.29, 0.717) is 19.0 Å². The second-order valence-corrected chi connectivity index (χ2v) is 4.18. The van der Waals surface area contributed by atoms with Gasteiger partial charge in [0, 0.05) is 19.6 Å². The lowest BCUT2D eigenvalue weighted by molar-refractivity contribution is -0.132. The predicted octanol–water partition coefficient (Wildman–Crippen LogP) is 1.41. The van der Waals surface area contributed by atoms with Gasteiger partial charge in [0.25, 0.3) is 0 Å². The second kappa shape index (κ2) is 6.62. The second-order valence-electron chi connectivity index (χ2n) is 4.18. The molecule has 0 aromatic rings. The Bertz CT molecular complexity index is 216. The molecule has 15 heavy (non-hydrogen) atoms. The maximum absolute atomic E-state index is 11.8. The van der Waals surface area contributed by atoms with Crippen LogP contribution in [0.1, 0.15) is 26.2 Å². The van der Waals surface area contributed by atoms with E-state index in [1.807, 2.05) is 4.90 Å². The van der Waals surface area contributed by atoms with Crippen LogP contribution in [0, 0.1) is 5.92 Å². The molecule has 0 spiro atoms. The van der Waals surface area contributed by atoms with Crippen LogP contribution in [0.4, 0.5) is 0 Å². The molecule has 1 unspecified atom stereocenters. The molecule has 3 heteroatoms. The fourth-order valence-electron chi connectivity index (χ4n) is 2.02. The van der Waals surface area contributed by atoms with Crippen molar-refractivity contribution in [1.82, 2.24) is 10.2 Å². The maximum Gasteiger partial charge on any atom is 0.236 e. The van der Waals surface area contributed by atoms with Gasteiger partial charge in [-0.1, -0.05) is 19.4 Å². The highest BCUT2D eigenvalue weighted by Gasteiger charge is 2.21. The van der Waals surface area contributed by atoms with E-state index in [1.165, 1.54) is 12.8 Å². The van der Waals surface area contributed by atoms with E-state index in [4.69, 9.17) is 0 Å². The Morgan fingerprint density at radius 3 is 3.13 bits per heavy atom.